The first-order chi connectivity index (χ1) is 14.4. The second-order valence-corrected chi connectivity index (χ2v) is 7.84. The number of aryl methyl sites for hydroxylation is 1. The largest absolute Gasteiger partial charge is 0.323 e. The number of nitrogens with one attached hydrogen (secondary N) is 1. The van der Waals surface area contributed by atoms with Gasteiger partial charge in [0.2, 0.25) is 17.7 Å². The number of amides is 3. The van der Waals surface area contributed by atoms with Gasteiger partial charge in [0.1, 0.15) is 5.82 Å². The van der Waals surface area contributed by atoms with Crippen molar-refractivity contribution >= 4 is 34.8 Å². The van der Waals surface area contributed by atoms with Crippen molar-refractivity contribution < 1.29 is 18.8 Å². The van der Waals surface area contributed by atoms with Gasteiger partial charge in [-0.3, -0.25) is 14.4 Å². The lowest BCUT2D eigenvalue weighted by Gasteiger charge is -2.20. The Labute approximate surface area is 174 Å². The summed E-state index contributed by atoms with van der Waals surface area (Å²) in [7, 11) is 0. The fourth-order valence-corrected chi connectivity index (χ4v) is 4.11. The zero-order valence-corrected chi connectivity index (χ0v) is 17.1. The summed E-state index contributed by atoms with van der Waals surface area (Å²) >= 11 is 0. The van der Waals surface area contributed by atoms with E-state index in [1.165, 1.54) is 6.07 Å². The molecule has 1 fully saturated rings. The van der Waals surface area contributed by atoms with E-state index in [1.54, 1.807) is 21.9 Å². The Balaban J connectivity index is 1.48. The molecule has 156 valence electrons. The second kappa shape index (κ2) is 7.89. The lowest BCUT2D eigenvalue weighted by atomic mass is 10.1. The van der Waals surface area contributed by atoms with Gasteiger partial charge in [0.05, 0.1) is 11.6 Å². The summed E-state index contributed by atoms with van der Waals surface area (Å²) in [4.78, 5) is 40.7. The fraction of sp³-hybridized carbons (Fsp3) is 0.348. The molecule has 1 N–H and O–H groups in total. The molecule has 1 atom stereocenters. The number of fused-ring (bicyclic) bond motifs is 1. The number of halogens is 1. The van der Waals surface area contributed by atoms with Crippen LogP contribution in [0.1, 0.15) is 30.9 Å². The van der Waals surface area contributed by atoms with Gasteiger partial charge in [-0.2, -0.15) is 0 Å². The molecule has 6 nitrogen and oxygen atoms in total. The van der Waals surface area contributed by atoms with E-state index >= 15 is 0 Å². The molecular weight excluding hydrogens is 385 g/mol. The Morgan fingerprint density at radius 3 is 2.77 bits per heavy atom. The first-order valence-electron chi connectivity index (χ1n) is 10.2. The molecule has 0 aromatic heterocycles. The minimum absolute atomic E-state index is 0.0802. The predicted molar refractivity (Wildman–Crippen MR) is 113 cm³/mol. The van der Waals surface area contributed by atoms with Crippen LogP contribution in [0.2, 0.25) is 0 Å². The summed E-state index contributed by atoms with van der Waals surface area (Å²) in [5, 5.41) is 2.61. The van der Waals surface area contributed by atoms with Gasteiger partial charge in [-0.1, -0.05) is 13.0 Å². The van der Waals surface area contributed by atoms with Gasteiger partial charge in [0.15, 0.2) is 0 Å². The topological polar surface area (TPSA) is 69.7 Å². The van der Waals surface area contributed by atoms with Gasteiger partial charge in [-0.25, -0.2) is 4.39 Å². The van der Waals surface area contributed by atoms with E-state index in [0.29, 0.717) is 13.0 Å². The van der Waals surface area contributed by atoms with Gasteiger partial charge in [-0.05, 0) is 54.8 Å². The normalized spacial score (nSPS) is 18.0. The summed E-state index contributed by atoms with van der Waals surface area (Å²) < 4.78 is 14.0. The summed E-state index contributed by atoms with van der Waals surface area (Å²) in [6.45, 7) is 4.55. The standard InChI is InChI=1S/C23H24FN3O3/c1-3-21(28)26-9-8-15-11-17(5-7-20(15)26)27-13-16(12-22(27)29)23(30)25-19-10-14(2)4-6-18(19)24/h4-7,10-11,16H,3,8-9,12-13H2,1-2H3,(H,25,30)/t16-/m1/s1. The molecule has 2 heterocycles. The molecule has 2 aromatic rings. The summed E-state index contributed by atoms with van der Waals surface area (Å²) in [6.07, 6.45) is 1.27. The molecule has 0 aliphatic carbocycles. The molecule has 1 saturated heterocycles. The highest BCUT2D eigenvalue weighted by Gasteiger charge is 2.36. The first-order valence-corrected chi connectivity index (χ1v) is 10.2. The van der Waals surface area contributed by atoms with Gasteiger partial charge in [0, 0.05) is 37.3 Å². The molecule has 2 aliphatic heterocycles. The summed E-state index contributed by atoms with van der Waals surface area (Å²) in [5.41, 5.74) is 3.61. The number of rotatable bonds is 4. The van der Waals surface area contributed by atoms with Gasteiger partial charge < -0.3 is 15.1 Å². The summed E-state index contributed by atoms with van der Waals surface area (Å²) in [5.74, 6) is -1.47. The Bertz CT molecular complexity index is 1040. The van der Waals surface area contributed by atoms with Crippen LogP contribution < -0.4 is 15.1 Å². The van der Waals surface area contributed by atoms with E-state index in [9.17, 15) is 18.8 Å². The van der Waals surface area contributed by atoms with E-state index in [2.05, 4.69) is 5.32 Å². The number of carbonyl (C=O) groups is 3. The van der Waals surface area contributed by atoms with Crippen molar-refractivity contribution in [2.45, 2.75) is 33.1 Å². The molecule has 0 bridgehead atoms. The molecule has 4 rings (SSSR count). The Hall–Kier alpha value is -3.22. The van der Waals surface area contributed by atoms with Crippen LogP contribution in [0, 0.1) is 18.7 Å². The number of anilines is 3. The van der Waals surface area contributed by atoms with Crippen molar-refractivity contribution in [3.05, 3.63) is 53.3 Å². The number of carbonyl (C=O) groups excluding carboxylic acids is 3. The molecule has 30 heavy (non-hydrogen) atoms. The Morgan fingerprint density at radius 1 is 1.20 bits per heavy atom. The van der Waals surface area contributed by atoms with E-state index in [1.807, 2.05) is 32.0 Å². The maximum atomic E-state index is 14.0. The first kappa shape index (κ1) is 20.1. The monoisotopic (exact) mass is 409 g/mol. The lowest BCUT2D eigenvalue weighted by Crippen LogP contribution is -2.29. The van der Waals surface area contributed by atoms with Gasteiger partial charge in [0.25, 0.3) is 0 Å². The third-order valence-corrected chi connectivity index (χ3v) is 5.75. The molecule has 0 spiro atoms. The summed E-state index contributed by atoms with van der Waals surface area (Å²) in [6, 6.07) is 10.1. The molecule has 2 aromatic carbocycles. The van der Waals surface area contributed by atoms with Crippen molar-refractivity contribution in [2.75, 3.05) is 28.2 Å². The minimum atomic E-state index is -0.552. The molecule has 3 amide bonds. The lowest BCUT2D eigenvalue weighted by molar-refractivity contribution is -0.122. The van der Waals surface area contributed by atoms with Crippen LogP contribution in [0.25, 0.3) is 0 Å². The van der Waals surface area contributed by atoms with Gasteiger partial charge in [-0.15, -0.1) is 0 Å². The van der Waals surface area contributed by atoms with E-state index in [-0.39, 0.29) is 36.4 Å². The number of nitrogens with zero attached hydrogens (tertiary/aromatic N) is 2. The molecule has 7 heteroatoms. The second-order valence-electron chi connectivity index (χ2n) is 7.84. The quantitative estimate of drug-likeness (QED) is 0.841. The highest BCUT2D eigenvalue weighted by molar-refractivity contribution is 6.04. The molecular formula is C23H24FN3O3. The van der Waals surface area contributed by atoms with Crippen molar-refractivity contribution in [3.8, 4) is 0 Å². The zero-order valence-electron chi connectivity index (χ0n) is 17.1. The Kier molecular flexibility index (Phi) is 5.28. The average Bonchev–Trinajstić information content (AvgIpc) is 3.33. The minimum Gasteiger partial charge on any atom is -0.323 e. The van der Waals surface area contributed by atoms with Crippen LogP contribution in [0.3, 0.4) is 0 Å². The van der Waals surface area contributed by atoms with E-state index in [4.69, 9.17) is 0 Å². The maximum Gasteiger partial charge on any atom is 0.229 e. The maximum absolute atomic E-state index is 14.0. The SMILES string of the molecule is CCC(=O)N1CCc2cc(N3C[C@H](C(=O)Nc4cc(C)ccc4F)CC3=O)ccc21. The van der Waals surface area contributed by atoms with Crippen molar-refractivity contribution in [1.82, 2.24) is 0 Å². The smallest absolute Gasteiger partial charge is 0.229 e. The molecule has 2 aliphatic rings. The van der Waals surface area contributed by atoms with Crippen molar-refractivity contribution in [1.29, 1.82) is 0 Å². The van der Waals surface area contributed by atoms with Gasteiger partial charge >= 0.3 is 0 Å². The third-order valence-electron chi connectivity index (χ3n) is 5.75. The third kappa shape index (κ3) is 3.67. The number of benzene rings is 2. The number of hydrogen-bond donors (Lipinski definition) is 1. The van der Waals surface area contributed by atoms with Crippen molar-refractivity contribution in [2.24, 2.45) is 5.92 Å². The molecule has 0 unspecified atom stereocenters. The molecule has 0 radical (unpaired) electrons. The van der Waals surface area contributed by atoms with E-state index < -0.39 is 11.7 Å². The average molecular weight is 409 g/mol. The van der Waals surface area contributed by atoms with Crippen LogP contribution in [0.15, 0.2) is 36.4 Å². The van der Waals surface area contributed by atoms with Crippen molar-refractivity contribution in [3.63, 3.8) is 0 Å². The van der Waals surface area contributed by atoms with Crippen LogP contribution >= 0.6 is 0 Å². The predicted octanol–water partition coefficient (Wildman–Crippen LogP) is 3.42. The van der Waals surface area contributed by atoms with Crippen LogP contribution in [-0.4, -0.2) is 30.8 Å². The fourth-order valence-electron chi connectivity index (χ4n) is 4.11. The van der Waals surface area contributed by atoms with Crippen LogP contribution in [0.4, 0.5) is 21.5 Å². The highest BCUT2D eigenvalue weighted by Crippen LogP contribution is 2.34. The van der Waals surface area contributed by atoms with Crippen LogP contribution in [0.5, 0.6) is 0 Å². The number of hydrogen-bond acceptors (Lipinski definition) is 3. The van der Waals surface area contributed by atoms with E-state index in [0.717, 1.165) is 28.9 Å². The molecule has 0 saturated carbocycles. The zero-order chi connectivity index (χ0) is 21.4. The van der Waals surface area contributed by atoms with Crippen LogP contribution in [-0.2, 0) is 20.8 Å². The Morgan fingerprint density at radius 2 is 2.00 bits per heavy atom. The highest BCUT2D eigenvalue weighted by atomic mass is 19.1.